The standard InChI is InChI=1S/C14H20N2O3/c1-3-18-10-5-6-12(19-4-2)11(9-10)16-13(17)14(15)7-8-14/h5-6,9H,3-4,7-8,15H2,1-2H3,(H,16,17). The molecule has 1 amide bonds. The molecule has 0 saturated heterocycles. The summed E-state index contributed by atoms with van der Waals surface area (Å²) in [5.74, 6) is 1.16. The Morgan fingerprint density at radius 2 is 2.00 bits per heavy atom. The van der Waals surface area contributed by atoms with E-state index >= 15 is 0 Å². The number of nitrogens with two attached hydrogens (primary N) is 1. The summed E-state index contributed by atoms with van der Waals surface area (Å²) in [5.41, 5.74) is 5.78. The van der Waals surface area contributed by atoms with Crippen LogP contribution in [0.15, 0.2) is 18.2 Å². The summed E-state index contributed by atoms with van der Waals surface area (Å²) in [4.78, 5) is 12.0. The van der Waals surface area contributed by atoms with E-state index in [1.807, 2.05) is 19.9 Å². The van der Waals surface area contributed by atoms with Crippen molar-refractivity contribution in [1.29, 1.82) is 0 Å². The van der Waals surface area contributed by atoms with Gasteiger partial charge in [0, 0.05) is 6.07 Å². The van der Waals surface area contributed by atoms with E-state index in [2.05, 4.69) is 5.32 Å². The molecule has 2 rings (SSSR count). The Balaban J connectivity index is 2.18. The third kappa shape index (κ3) is 3.17. The fourth-order valence-electron chi connectivity index (χ4n) is 1.75. The Hall–Kier alpha value is -1.75. The molecule has 0 aliphatic heterocycles. The molecule has 3 N–H and O–H groups in total. The monoisotopic (exact) mass is 264 g/mol. The summed E-state index contributed by atoms with van der Waals surface area (Å²) in [6.45, 7) is 4.91. The van der Waals surface area contributed by atoms with E-state index in [0.717, 1.165) is 12.8 Å². The minimum atomic E-state index is -0.703. The third-order valence-electron chi connectivity index (χ3n) is 3.05. The number of amides is 1. The van der Waals surface area contributed by atoms with E-state index in [1.165, 1.54) is 0 Å². The molecular weight excluding hydrogens is 244 g/mol. The zero-order valence-electron chi connectivity index (χ0n) is 11.4. The van der Waals surface area contributed by atoms with Crippen LogP contribution in [-0.2, 0) is 4.79 Å². The Morgan fingerprint density at radius 3 is 2.58 bits per heavy atom. The molecule has 1 fully saturated rings. The molecule has 0 bridgehead atoms. The second-order valence-electron chi connectivity index (χ2n) is 4.63. The molecule has 1 aromatic rings. The highest BCUT2D eigenvalue weighted by atomic mass is 16.5. The zero-order valence-corrected chi connectivity index (χ0v) is 11.4. The summed E-state index contributed by atoms with van der Waals surface area (Å²) in [7, 11) is 0. The lowest BCUT2D eigenvalue weighted by Crippen LogP contribution is -2.37. The van der Waals surface area contributed by atoms with Crippen LogP contribution in [0.1, 0.15) is 26.7 Å². The molecule has 1 saturated carbocycles. The average molecular weight is 264 g/mol. The van der Waals surface area contributed by atoms with Crippen molar-refractivity contribution >= 4 is 11.6 Å². The van der Waals surface area contributed by atoms with Gasteiger partial charge in [0.25, 0.3) is 0 Å². The second-order valence-corrected chi connectivity index (χ2v) is 4.63. The van der Waals surface area contributed by atoms with Gasteiger partial charge in [-0.1, -0.05) is 0 Å². The first kappa shape index (κ1) is 13.7. The molecular formula is C14H20N2O3. The van der Waals surface area contributed by atoms with Crippen LogP contribution < -0.4 is 20.5 Å². The van der Waals surface area contributed by atoms with Gasteiger partial charge in [-0.15, -0.1) is 0 Å². The van der Waals surface area contributed by atoms with Crippen molar-refractivity contribution in [2.75, 3.05) is 18.5 Å². The molecule has 1 aromatic carbocycles. The average Bonchev–Trinajstić information content (AvgIpc) is 3.12. The Kier molecular flexibility index (Phi) is 3.95. The van der Waals surface area contributed by atoms with Crippen LogP contribution in [-0.4, -0.2) is 24.7 Å². The molecule has 19 heavy (non-hydrogen) atoms. The van der Waals surface area contributed by atoms with Gasteiger partial charge in [0.15, 0.2) is 0 Å². The molecule has 0 spiro atoms. The molecule has 0 radical (unpaired) electrons. The van der Waals surface area contributed by atoms with Gasteiger partial charge in [0.05, 0.1) is 24.4 Å². The maximum atomic E-state index is 12.0. The van der Waals surface area contributed by atoms with Crippen molar-refractivity contribution < 1.29 is 14.3 Å². The topological polar surface area (TPSA) is 73.6 Å². The number of nitrogens with one attached hydrogen (secondary N) is 1. The van der Waals surface area contributed by atoms with Crippen LogP contribution in [0.2, 0.25) is 0 Å². The smallest absolute Gasteiger partial charge is 0.244 e. The third-order valence-corrected chi connectivity index (χ3v) is 3.05. The second kappa shape index (κ2) is 5.48. The molecule has 0 aromatic heterocycles. The summed E-state index contributed by atoms with van der Waals surface area (Å²) in [5, 5.41) is 2.83. The summed E-state index contributed by atoms with van der Waals surface area (Å²) in [6, 6.07) is 5.37. The fraction of sp³-hybridized carbons (Fsp3) is 0.500. The highest BCUT2D eigenvalue weighted by Gasteiger charge is 2.46. The Bertz CT molecular complexity index is 470. The lowest BCUT2D eigenvalue weighted by atomic mass is 10.2. The highest BCUT2D eigenvalue weighted by Crippen LogP contribution is 2.35. The first-order valence-electron chi connectivity index (χ1n) is 6.59. The van der Waals surface area contributed by atoms with Crippen LogP contribution in [0, 0.1) is 0 Å². The maximum absolute atomic E-state index is 12.0. The number of benzene rings is 1. The SMILES string of the molecule is CCOc1ccc(OCC)c(NC(=O)C2(N)CC2)c1. The number of carbonyl (C=O) groups is 1. The molecule has 0 unspecified atom stereocenters. The number of hydrogen-bond acceptors (Lipinski definition) is 4. The number of carbonyl (C=O) groups excluding carboxylic acids is 1. The van der Waals surface area contributed by atoms with Gasteiger partial charge in [0.2, 0.25) is 5.91 Å². The van der Waals surface area contributed by atoms with Crippen molar-refractivity contribution in [3.05, 3.63) is 18.2 Å². The Labute approximate surface area is 113 Å². The maximum Gasteiger partial charge on any atom is 0.244 e. The van der Waals surface area contributed by atoms with Gasteiger partial charge >= 0.3 is 0 Å². The first-order chi connectivity index (χ1) is 9.09. The van der Waals surface area contributed by atoms with Crippen molar-refractivity contribution in [2.24, 2.45) is 5.73 Å². The van der Waals surface area contributed by atoms with Crippen LogP contribution in [0.25, 0.3) is 0 Å². The van der Waals surface area contributed by atoms with Crippen molar-refractivity contribution in [3.8, 4) is 11.5 Å². The number of anilines is 1. The summed E-state index contributed by atoms with van der Waals surface area (Å²) < 4.78 is 10.9. The van der Waals surface area contributed by atoms with Crippen molar-refractivity contribution in [1.82, 2.24) is 0 Å². The van der Waals surface area contributed by atoms with Crippen LogP contribution in [0.3, 0.4) is 0 Å². The molecule has 0 heterocycles. The van der Waals surface area contributed by atoms with E-state index in [1.54, 1.807) is 12.1 Å². The molecule has 5 nitrogen and oxygen atoms in total. The lowest BCUT2D eigenvalue weighted by Gasteiger charge is -2.15. The molecule has 1 aliphatic rings. The largest absolute Gasteiger partial charge is 0.494 e. The van der Waals surface area contributed by atoms with E-state index in [4.69, 9.17) is 15.2 Å². The summed E-state index contributed by atoms with van der Waals surface area (Å²) >= 11 is 0. The molecule has 1 aliphatic carbocycles. The van der Waals surface area contributed by atoms with Gasteiger partial charge in [0.1, 0.15) is 11.5 Å². The number of ether oxygens (including phenoxy) is 2. The van der Waals surface area contributed by atoms with Crippen molar-refractivity contribution in [2.45, 2.75) is 32.2 Å². The van der Waals surface area contributed by atoms with E-state index in [-0.39, 0.29) is 5.91 Å². The van der Waals surface area contributed by atoms with E-state index < -0.39 is 5.54 Å². The number of hydrogen-bond donors (Lipinski definition) is 2. The van der Waals surface area contributed by atoms with Crippen LogP contribution >= 0.6 is 0 Å². The predicted octanol–water partition coefficient (Wildman–Crippen LogP) is 1.91. The quantitative estimate of drug-likeness (QED) is 0.823. The van der Waals surface area contributed by atoms with Gasteiger partial charge in [-0.25, -0.2) is 0 Å². The van der Waals surface area contributed by atoms with Gasteiger partial charge in [-0.3, -0.25) is 4.79 Å². The lowest BCUT2D eigenvalue weighted by molar-refractivity contribution is -0.118. The molecule has 104 valence electrons. The van der Waals surface area contributed by atoms with E-state index in [9.17, 15) is 4.79 Å². The van der Waals surface area contributed by atoms with E-state index in [0.29, 0.717) is 30.4 Å². The van der Waals surface area contributed by atoms with Gasteiger partial charge in [-0.2, -0.15) is 0 Å². The predicted molar refractivity (Wildman–Crippen MR) is 73.6 cm³/mol. The fourth-order valence-corrected chi connectivity index (χ4v) is 1.75. The van der Waals surface area contributed by atoms with Crippen molar-refractivity contribution in [3.63, 3.8) is 0 Å². The Morgan fingerprint density at radius 1 is 1.32 bits per heavy atom. The molecule has 0 atom stereocenters. The molecule has 5 heteroatoms. The minimum absolute atomic E-state index is 0.165. The summed E-state index contributed by atoms with van der Waals surface area (Å²) in [6.07, 6.45) is 1.46. The highest BCUT2D eigenvalue weighted by molar-refractivity contribution is 6.01. The zero-order chi connectivity index (χ0) is 13.9. The number of rotatable bonds is 6. The minimum Gasteiger partial charge on any atom is -0.494 e. The van der Waals surface area contributed by atoms with Gasteiger partial charge < -0.3 is 20.5 Å². The van der Waals surface area contributed by atoms with Crippen LogP contribution in [0.5, 0.6) is 11.5 Å². The normalized spacial score (nSPS) is 15.7. The first-order valence-corrected chi connectivity index (χ1v) is 6.59. The van der Waals surface area contributed by atoms with Crippen LogP contribution in [0.4, 0.5) is 5.69 Å². The van der Waals surface area contributed by atoms with Gasteiger partial charge in [-0.05, 0) is 38.8 Å².